The molecule has 1 aliphatic rings. The molecule has 0 bridgehead atoms. The Morgan fingerprint density at radius 3 is 2.88 bits per heavy atom. The topological polar surface area (TPSA) is 38.0 Å². The van der Waals surface area contributed by atoms with Crippen LogP contribution < -0.4 is 11.1 Å². The van der Waals surface area contributed by atoms with E-state index in [-0.39, 0.29) is 0 Å². The molecule has 0 amide bonds. The van der Waals surface area contributed by atoms with Crippen molar-refractivity contribution >= 4 is 11.4 Å². The number of allylic oxidation sites excluding steroid dienone is 4. The van der Waals surface area contributed by atoms with Crippen molar-refractivity contribution in [3.63, 3.8) is 0 Å². The zero-order chi connectivity index (χ0) is 12.1. The molecular formula is C15H18N2. The van der Waals surface area contributed by atoms with Gasteiger partial charge in [0.25, 0.3) is 0 Å². The van der Waals surface area contributed by atoms with Crippen LogP contribution in [-0.2, 0) is 0 Å². The Morgan fingerprint density at radius 2 is 2.24 bits per heavy atom. The van der Waals surface area contributed by atoms with Crippen LogP contribution in [0.1, 0.15) is 18.9 Å². The fourth-order valence-corrected chi connectivity index (χ4v) is 1.93. The molecule has 3 N–H and O–H groups in total. The molecule has 88 valence electrons. The summed E-state index contributed by atoms with van der Waals surface area (Å²) in [5.41, 5.74) is 10.4. The van der Waals surface area contributed by atoms with Crippen molar-refractivity contribution in [3.8, 4) is 0 Å². The molecule has 2 heteroatoms. The molecule has 0 aliphatic heterocycles. The van der Waals surface area contributed by atoms with Crippen LogP contribution in [0.5, 0.6) is 0 Å². The third-order valence-electron chi connectivity index (χ3n) is 2.89. The summed E-state index contributed by atoms with van der Waals surface area (Å²) in [5.74, 6) is 0. The molecule has 0 heterocycles. The van der Waals surface area contributed by atoms with Crippen LogP contribution in [0.15, 0.2) is 54.1 Å². The zero-order valence-corrected chi connectivity index (χ0v) is 10.1. The standard InChI is InChI=1S/C15H18N2/c1-2-15(13-9-5-6-10-14(13)16)17-11-12-7-3-4-8-12/h2-7,9-10,17H,8,11,16H2,1H3/b15-2-. The Bertz CT molecular complexity index is 481. The van der Waals surface area contributed by atoms with E-state index >= 15 is 0 Å². The lowest BCUT2D eigenvalue weighted by Gasteiger charge is -2.13. The molecule has 0 radical (unpaired) electrons. The second-order valence-electron chi connectivity index (χ2n) is 4.10. The number of para-hydroxylation sites is 1. The Kier molecular flexibility index (Phi) is 3.66. The number of nitrogen functional groups attached to an aromatic ring is 1. The van der Waals surface area contributed by atoms with E-state index in [9.17, 15) is 0 Å². The van der Waals surface area contributed by atoms with Crippen molar-refractivity contribution in [1.82, 2.24) is 5.32 Å². The largest absolute Gasteiger partial charge is 0.398 e. The van der Waals surface area contributed by atoms with Crippen molar-refractivity contribution in [2.45, 2.75) is 13.3 Å². The summed E-state index contributed by atoms with van der Waals surface area (Å²) in [6, 6.07) is 7.93. The van der Waals surface area contributed by atoms with Gasteiger partial charge in [0.2, 0.25) is 0 Å². The summed E-state index contributed by atoms with van der Waals surface area (Å²) in [4.78, 5) is 0. The molecule has 0 spiro atoms. The smallest absolute Gasteiger partial charge is 0.0408 e. The van der Waals surface area contributed by atoms with Crippen LogP contribution in [-0.4, -0.2) is 6.54 Å². The lowest BCUT2D eigenvalue weighted by molar-refractivity contribution is 0.934. The highest BCUT2D eigenvalue weighted by Gasteiger charge is 2.05. The summed E-state index contributed by atoms with van der Waals surface area (Å²) in [6.07, 6.45) is 9.55. The van der Waals surface area contributed by atoms with Crippen LogP contribution in [0, 0.1) is 0 Å². The molecule has 0 saturated carbocycles. The first-order chi connectivity index (χ1) is 8.31. The van der Waals surface area contributed by atoms with Gasteiger partial charge in [0.1, 0.15) is 0 Å². The van der Waals surface area contributed by atoms with E-state index in [1.54, 1.807) is 0 Å². The first-order valence-corrected chi connectivity index (χ1v) is 5.91. The van der Waals surface area contributed by atoms with Gasteiger partial charge in [-0.3, -0.25) is 0 Å². The normalized spacial score (nSPS) is 14.9. The first-order valence-electron chi connectivity index (χ1n) is 5.91. The molecule has 0 atom stereocenters. The van der Waals surface area contributed by atoms with Gasteiger partial charge in [0.05, 0.1) is 0 Å². The molecule has 1 aromatic carbocycles. The Hall–Kier alpha value is -1.96. The number of nitrogens with two attached hydrogens (primary N) is 1. The molecule has 17 heavy (non-hydrogen) atoms. The van der Waals surface area contributed by atoms with Crippen LogP contribution in [0.4, 0.5) is 5.69 Å². The molecule has 1 aliphatic carbocycles. The molecule has 2 rings (SSSR count). The van der Waals surface area contributed by atoms with Crippen molar-refractivity contribution < 1.29 is 0 Å². The Morgan fingerprint density at radius 1 is 1.41 bits per heavy atom. The van der Waals surface area contributed by atoms with Crippen molar-refractivity contribution in [3.05, 3.63) is 59.7 Å². The molecule has 0 aromatic heterocycles. The summed E-state index contributed by atoms with van der Waals surface area (Å²) in [6.45, 7) is 2.90. The molecule has 2 nitrogen and oxygen atoms in total. The van der Waals surface area contributed by atoms with E-state index in [1.807, 2.05) is 31.2 Å². The zero-order valence-electron chi connectivity index (χ0n) is 10.1. The van der Waals surface area contributed by atoms with Gasteiger partial charge >= 0.3 is 0 Å². The van der Waals surface area contributed by atoms with Crippen molar-refractivity contribution in [2.24, 2.45) is 0 Å². The number of anilines is 1. The average Bonchev–Trinajstić information content (AvgIpc) is 2.85. The molecule has 0 fully saturated rings. The van der Waals surface area contributed by atoms with Crippen LogP contribution in [0.3, 0.4) is 0 Å². The molecule has 1 aromatic rings. The van der Waals surface area contributed by atoms with E-state index in [1.165, 1.54) is 5.57 Å². The summed E-state index contributed by atoms with van der Waals surface area (Å²) >= 11 is 0. The highest BCUT2D eigenvalue weighted by molar-refractivity contribution is 5.73. The molecule has 0 saturated heterocycles. The number of benzene rings is 1. The fraction of sp³-hybridized carbons (Fsp3) is 0.200. The molecule has 0 unspecified atom stereocenters. The first kappa shape index (κ1) is 11.5. The predicted octanol–water partition coefficient (Wildman–Crippen LogP) is 3.11. The Balaban J connectivity index is 2.05. The maximum atomic E-state index is 5.97. The third kappa shape index (κ3) is 2.78. The van der Waals surface area contributed by atoms with Gasteiger partial charge in [-0.25, -0.2) is 0 Å². The van der Waals surface area contributed by atoms with Gasteiger partial charge in [0.15, 0.2) is 0 Å². The highest BCUT2D eigenvalue weighted by atomic mass is 14.9. The van der Waals surface area contributed by atoms with Gasteiger partial charge in [-0.2, -0.15) is 0 Å². The Labute approximate surface area is 103 Å². The van der Waals surface area contributed by atoms with Gasteiger partial charge in [-0.1, -0.05) is 42.5 Å². The summed E-state index contributed by atoms with van der Waals surface area (Å²) < 4.78 is 0. The maximum absolute atomic E-state index is 5.97. The van der Waals surface area contributed by atoms with E-state index in [0.29, 0.717) is 0 Å². The number of hydrogen-bond donors (Lipinski definition) is 2. The SMILES string of the molecule is C/C=C(\NCC1=CC=CC1)c1ccccc1N. The quantitative estimate of drug-likeness (QED) is 0.774. The minimum Gasteiger partial charge on any atom is -0.398 e. The third-order valence-corrected chi connectivity index (χ3v) is 2.89. The number of rotatable bonds is 4. The maximum Gasteiger partial charge on any atom is 0.0408 e. The van der Waals surface area contributed by atoms with Crippen molar-refractivity contribution in [2.75, 3.05) is 12.3 Å². The lowest BCUT2D eigenvalue weighted by Crippen LogP contribution is -2.16. The number of hydrogen-bond acceptors (Lipinski definition) is 2. The van der Waals surface area contributed by atoms with E-state index in [2.05, 4.69) is 29.6 Å². The van der Waals surface area contributed by atoms with Crippen LogP contribution >= 0.6 is 0 Å². The lowest BCUT2D eigenvalue weighted by atomic mass is 10.1. The van der Waals surface area contributed by atoms with Gasteiger partial charge in [-0.15, -0.1) is 0 Å². The highest BCUT2D eigenvalue weighted by Crippen LogP contribution is 2.19. The van der Waals surface area contributed by atoms with E-state index < -0.39 is 0 Å². The van der Waals surface area contributed by atoms with Crippen LogP contribution in [0.2, 0.25) is 0 Å². The fourth-order valence-electron chi connectivity index (χ4n) is 1.93. The van der Waals surface area contributed by atoms with Gasteiger partial charge < -0.3 is 11.1 Å². The van der Waals surface area contributed by atoms with Gasteiger partial charge in [0, 0.05) is 23.5 Å². The second kappa shape index (κ2) is 5.39. The minimum absolute atomic E-state index is 0.812. The average molecular weight is 226 g/mol. The number of nitrogens with one attached hydrogen (secondary N) is 1. The van der Waals surface area contributed by atoms with E-state index in [0.717, 1.165) is 29.9 Å². The second-order valence-corrected chi connectivity index (χ2v) is 4.10. The molecular weight excluding hydrogens is 208 g/mol. The van der Waals surface area contributed by atoms with Crippen molar-refractivity contribution in [1.29, 1.82) is 0 Å². The monoisotopic (exact) mass is 226 g/mol. The predicted molar refractivity (Wildman–Crippen MR) is 74.3 cm³/mol. The van der Waals surface area contributed by atoms with E-state index in [4.69, 9.17) is 5.73 Å². The van der Waals surface area contributed by atoms with Gasteiger partial charge in [-0.05, 0) is 25.0 Å². The van der Waals surface area contributed by atoms with Crippen LogP contribution in [0.25, 0.3) is 5.70 Å². The minimum atomic E-state index is 0.812. The summed E-state index contributed by atoms with van der Waals surface area (Å²) in [7, 11) is 0. The summed E-state index contributed by atoms with van der Waals surface area (Å²) in [5, 5.41) is 3.44.